The Morgan fingerprint density at radius 3 is 2.73 bits per heavy atom. The average Bonchev–Trinajstić information content (AvgIpc) is 2.22. The second-order valence-corrected chi connectivity index (χ2v) is 3.87. The molecule has 82 valence electrons. The molecule has 0 unspecified atom stereocenters. The van der Waals surface area contributed by atoms with E-state index in [0.29, 0.717) is 12.3 Å². The molecule has 0 fully saturated rings. The Labute approximate surface area is 95.6 Å². The number of halogens is 1. The first-order valence-electron chi connectivity index (χ1n) is 5.12. The minimum absolute atomic E-state index is 0.0446. The number of nitrogens with one attached hydrogen (secondary N) is 1. The second-order valence-electron chi connectivity index (χ2n) is 3.49. The number of rotatable bonds is 4. The summed E-state index contributed by atoms with van der Waals surface area (Å²) in [5.74, 6) is 0.670. The van der Waals surface area contributed by atoms with Gasteiger partial charge in [0.05, 0.1) is 0 Å². The monoisotopic (exact) mass is 225 g/mol. The van der Waals surface area contributed by atoms with Crippen molar-refractivity contribution in [3.05, 3.63) is 29.3 Å². The maximum Gasteiger partial charge on any atom is 0.224 e. The van der Waals surface area contributed by atoms with Gasteiger partial charge in [0.2, 0.25) is 5.91 Å². The lowest BCUT2D eigenvalue weighted by Crippen LogP contribution is -2.10. The molecule has 1 aromatic carbocycles. The van der Waals surface area contributed by atoms with E-state index >= 15 is 0 Å². The normalized spacial score (nSPS) is 10.1. The van der Waals surface area contributed by atoms with Crippen LogP contribution in [0, 0.1) is 6.92 Å². The van der Waals surface area contributed by atoms with Crippen LogP contribution in [0.4, 0.5) is 5.69 Å². The average molecular weight is 226 g/mol. The second kappa shape index (κ2) is 5.76. The Morgan fingerprint density at radius 2 is 2.20 bits per heavy atom. The summed E-state index contributed by atoms with van der Waals surface area (Å²) >= 11 is 5.67. The van der Waals surface area contributed by atoms with Gasteiger partial charge in [0.25, 0.3) is 0 Å². The van der Waals surface area contributed by atoms with Gasteiger partial charge in [-0.2, -0.15) is 0 Å². The zero-order valence-electron chi connectivity index (χ0n) is 9.14. The van der Waals surface area contributed by atoms with E-state index < -0.39 is 0 Å². The maximum atomic E-state index is 11.2. The van der Waals surface area contributed by atoms with Gasteiger partial charge >= 0.3 is 0 Å². The van der Waals surface area contributed by atoms with Crippen LogP contribution in [0.1, 0.15) is 24.5 Å². The number of carbonyl (C=O) groups is 1. The number of alkyl halides is 1. The van der Waals surface area contributed by atoms with E-state index in [9.17, 15) is 4.79 Å². The van der Waals surface area contributed by atoms with Crippen molar-refractivity contribution in [2.24, 2.45) is 0 Å². The first kappa shape index (κ1) is 12.1. The summed E-state index contributed by atoms with van der Waals surface area (Å²) in [6.07, 6.45) is 1.37. The van der Waals surface area contributed by atoms with Gasteiger partial charge in [-0.3, -0.25) is 4.79 Å². The number of hydrogen-bond donors (Lipinski definition) is 1. The smallest absolute Gasteiger partial charge is 0.224 e. The highest BCUT2D eigenvalue weighted by Gasteiger charge is 2.03. The minimum atomic E-state index is 0.0446. The predicted molar refractivity (Wildman–Crippen MR) is 64.5 cm³/mol. The third-order valence-electron chi connectivity index (χ3n) is 2.27. The van der Waals surface area contributed by atoms with Gasteiger partial charge in [-0.15, -0.1) is 11.6 Å². The fourth-order valence-corrected chi connectivity index (χ4v) is 1.59. The molecule has 1 N–H and O–H groups in total. The molecule has 0 radical (unpaired) electrons. The Balaban J connectivity index is 2.78. The molecule has 0 aliphatic heterocycles. The van der Waals surface area contributed by atoms with Crippen molar-refractivity contribution < 1.29 is 4.79 Å². The molecule has 1 amide bonds. The number of carbonyl (C=O) groups excluding carboxylic acids is 1. The van der Waals surface area contributed by atoms with Crippen LogP contribution in [-0.4, -0.2) is 11.8 Å². The highest BCUT2D eigenvalue weighted by molar-refractivity contribution is 6.18. The molecule has 2 nitrogen and oxygen atoms in total. The minimum Gasteiger partial charge on any atom is -0.326 e. The summed E-state index contributed by atoms with van der Waals surface area (Å²) in [6.45, 7) is 3.83. The first-order chi connectivity index (χ1) is 7.17. The number of hydrogen-bond acceptors (Lipinski definition) is 1. The number of aryl methyl sites for hydroxylation is 2. The van der Waals surface area contributed by atoms with Gasteiger partial charge in [0.1, 0.15) is 0 Å². The molecule has 0 saturated carbocycles. The molecule has 0 spiro atoms. The van der Waals surface area contributed by atoms with Gasteiger partial charge in [-0.25, -0.2) is 0 Å². The predicted octanol–water partition coefficient (Wildman–Crippen LogP) is 3.12. The summed E-state index contributed by atoms with van der Waals surface area (Å²) in [6, 6.07) is 6.00. The van der Waals surface area contributed by atoms with Crippen molar-refractivity contribution in [3.8, 4) is 0 Å². The van der Waals surface area contributed by atoms with Gasteiger partial charge in [-0.1, -0.05) is 19.1 Å². The summed E-state index contributed by atoms with van der Waals surface area (Å²) < 4.78 is 0. The summed E-state index contributed by atoms with van der Waals surface area (Å²) in [4.78, 5) is 11.2. The van der Waals surface area contributed by atoms with Crippen molar-refractivity contribution in [1.82, 2.24) is 0 Å². The Bertz CT molecular complexity index is 349. The van der Waals surface area contributed by atoms with Crippen molar-refractivity contribution in [2.75, 3.05) is 11.2 Å². The third-order valence-corrected chi connectivity index (χ3v) is 2.46. The molecule has 0 bridgehead atoms. The lowest BCUT2D eigenvalue weighted by molar-refractivity contribution is -0.115. The SMILES string of the molecule is CCC(=O)Nc1ccc(CCCl)cc1C. The van der Waals surface area contributed by atoms with E-state index in [2.05, 4.69) is 11.4 Å². The van der Waals surface area contributed by atoms with Gasteiger partial charge in [0.15, 0.2) is 0 Å². The van der Waals surface area contributed by atoms with E-state index in [1.807, 2.05) is 26.0 Å². The van der Waals surface area contributed by atoms with E-state index in [1.54, 1.807) is 0 Å². The van der Waals surface area contributed by atoms with Crippen molar-refractivity contribution in [2.45, 2.75) is 26.7 Å². The van der Waals surface area contributed by atoms with Crippen molar-refractivity contribution >= 4 is 23.2 Å². The van der Waals surface area contributed by atoms with Crippen LogP contribution in [0.2, 0.25) is 0 Å². The molecule has 15 heavy (non-hydrogen) atoms. The van der Waals surface area contributed by atoms with Crippen LogP contribution < -0.4 is 5.32 Å². The van der Waals surface area contributed by atoms with E-state index in [0.717, 1.165) is 17.7 Å². The molecule has 0 aliphatic rings. The van der Waals surface area contributed by atoms with Crippen LogP contribution in [0.3, 0.4) is 0 Å². The number of anilines is 1. The van der Waals surface area contributed by atoms with E-state index in [-0.39, 0.29) is 5.91 Å². The van der Waals surface area contributed by atoms with Gasteiger partial charge in [-0.05, 0) is 30.5 Å². The molecule has 0 heterocycles. The van der Waals surface area contributed by atoms with Crippen molar-refractivity contribution in [3.63, 3.8) is 0 Å². The Kier molecular flexibility index (Phi) is 4.63. The number of benzene rings is 1. The quantitative estimate of drug-likeness (QED) is 0.784. The summed E-state index contributed by atoms with van der Waals surface area (Å²) in [5.41, 5.74) is 3.18. The third kappa shape index (κ3) is 3.56. The van der Waals surface area contributed by atoms with Crippen LogP contribution in [0.5, 0.6) is 0 Å². The molecular formula is C12H16ClNO. The molecule has 0 atom stereocenters. The number of amides is 1. The Hall–Kier alpha value is -1.02. The van der Waals surface area contributed by atoms with Crippen molar-refractivity contribution in [1.29, 1.82) is 0 Å². The summed E-state index contributed by atoms with van der Waals surface area (Å²) in [5, 5.41) is 2.86. The molecule has 0 saturated heterocycles. The molecule has 0 aromatic heterocycles. The maximum absolute atomic E-state index is 11.2. The highest BCUT2D eigenvalue weighted by Crippen LogP contribution is 2.17. The van der Waals surface area contributed by atoms with Crippen LogP contribution in [0.15, 0.2) is 18.2 Å². The van der Waals surface area contributed by atoms with Crippen LogP contribution in [0.25, 0.3) is 0 Å². The van der Waals surface area contributed by atoms with Gasteiger partial charge in [0, 0.05) is 18.0 Å². The molecule has 1 rings (SSSR count). The lowest BCUT2D eigenvalue weighted by Gasteiger charge is -2.08. The topological polar surface area (TPSA) is 29.1 Å². The molecule has 0 aliphatic carbocycles. The van der Waals surface area contributed by atoms with E-state index in [4.69, 9.17) is 11.6 Å². The lowest BCUT2D eigenvalue weighted by atomic mass is 10.1. The fourth-order valence-electron chi connectivity index (χ4n) is 1.37. The standard InChI is InChI=1S/C12H16ClNO/c1-3-12(15)14-11-5-4-10(6-7-13)8-9(11)2/h4-5,8H,3,6-7H2,1-2H3,(H,14,15). The summed E-state index contributed by atoms with van der Waals surface area (Å²) in [7, 11) is 0. The first-order valence-corrected chi connectivity index (χ1v) is 5.66. The largest absolute Gasteiger partial charge is 0.326 e. The highest BCUT2D eigenvalue weighted by atomic mass is 35.5. The zero-order chi connectivity index (χ0) is 11.3. The molecule has 3 heteroatoms. The van der Waals surface area contributed by atoms with E-state index in [1.165, 1.54) is 5.56 Å². The van der Waals surface area contributed by atoms with Crippen LogP contribution in [-0.2, 0) is 11.2 Å². The van der Waals surface area contributed by atoms with Gasteiger partial charge < -0.3 is 5.32 Å². The van der Waals surface area contributed by atoms with Crippen LogP contribution >= 0.6 is 11.6 Å². The fraction of sp³-hybridized carbons (Fsp3) is 0.417. The molecule has 1 aromatic rings. The Morgan fingerprint density at radius 1 is 1.47 bits per heavy atom. The molecular weight excluding hydrogens is 210 g/mol. The zero-order valence-corrected chi connectivity index (χ0v) is 9.90.